The molecular weight excluding hydrogens is 615 g/mol. The molecule has 43 heavy (non-hydrogen) atoms. The predicted octanol–water partition coefficient (Wildman–Crippen LogP) is 5.37. The molecule has 3 aromatic carbocycles. The minimum absolute atomic E-state index is 0.0231. The number of amides is 2. The Hall–Kier alpha value is -3.67. The maximum absolute atomic E-state index is 14.2. The van der Waals surface area contributed by atoms with Crippen LogP contribution in [0.4, 0.5) is 11.4 Å². The van der Waals surface area contributed by atoms with Gasteiger partial charge in [-0.2, -0.15) is 0 Å². The molecule has 1 N–H and O–H groups in total. The second-order valence-electron chi connectivity index (χ2n) is 10.5. The molecule has 0 heterocycles. The van der Waals surface area contributed by atoms with Crippen molar-refractivity contribution in [1.29, 1.82) is 0 Å². The Kier molecular flexibility index (Phi) is 10.6. The largest absolute Gasteiger partial charge is 0.352 e. The number of sulfonamides is 1. The molecule has 3 aromatic rings. The molecule has 0 aliphatic heterocycles. The molecule has 1 unspecified atom stereocenters. The number of carbonyl (C=O) groups is 2. The highest BCUT2D eigenvalue weighted by Crippen LogP contribution is 2.27. The van der Waals surface area contributed by atoms with Crippen LogP contribution in [0.3, 0.4) is 0 Å². The first kappa shape index (κ1) is 32.2. The van der Waals surface area contributed by atoms with Gasteiger partial charge < -0.3 is 10.2 Å². The fourth-order valence-electron chi connectivity index (χ4n) is 5.13. The molecule has 13 heteroatoms. The van der Waals surface area contributed by atoms with E-state index in [2.05, 4.69) is 5.32 Å². The topological polar surface area (TPSA) is 130 Å². The molecule has 0 spiro atoms. The SMILES string of the molecule is CS(=O)(=O)N(CC(=O)N(Cc1ccc(Cl)c(Cl)c1)C(Cc1ccccc1)C(=O)NC1CCCC1)c1cccc([N+](=O)[O-])c1. The number of hydrogen-bond donors (Lipinski definition) is 1. The van der Waals surface area contributed by atoms with Gasteiger partial charge in [0, 0.05) is 31.1 Å². The molecule has 228 valence electrons. The average Bonchev–Trinajstić information content (AvgIpc) is 3.48. The lowest BCUT2D eigenvalue weighted by Crippen LogP contribution is -2.54. The fourth-order valence-corrected chi connectivity index (χ4v) is 6.29. The summed E-state index contributed by atoms with van der Waals surface area (Å²) in [5.74, 6) is -1.03. The van der Waals surface area contributed by atoms with Gasteiger partial charge in [-0.05, 0) is 42.2 Å². The first-order valence-electron chi connectivity index (χ1n) is 13.7. The van der Waals surface area contributed by atoms with Crippen LogP contribution in [-0.4, -0.2) is 54.9 Å². The van der Waals surface area contributed by atoms with E-state index < -0.39 is 33.4 Å². The van der Waals surface area contributed by atoms with E-state index in [0.717, 1.165) is 47.9 Å². The molecular formula is C30H32Cl2N4O6S. The predicted molar refractivity (Wildman–Crippen MR) is 167 cm³/mol. The fraction of sp³-hybridized carbons (Fsp3) is 0.333. The number of anilines is 1. The Bertz CT molecular complexity index is 1580. The number of non-ortho nitro benzene ring substituents is 1. The molecule has 1 saturated carbocycles. The Morgan fingerprint density at radius 3 is 2.30 bits per heavy atom. The number of carbonyl (C=O) groups excluding carboxylic acids is 2. The number of halogens is 2. The van der Waals surface area contributed by atoms with Crippen molar-refractivity contribution in [2.45, 2.75) is 50.7 Å². The summed E-state index contributed by atoms with van der Waals surface area (Å²) in [7, 11) is -4.07. The molecule has 0 radical (unpaired) electrons. The van der Waals surface area contributed by atoms with Crippen molar-refractivity contribution in [2.24, 2.45) is 0 Å². The van der Waals surface area contributed by atoms with Gasteiger partial charge in [0.05, 0.1) is 26.9 Å². The highest BCUT2D eigenvalue weighted by atomic mass is 35.5. The summed E-state index contributed by atoms with van der Waals surface area (Å²) in [5.41, 5.74) is 1.01. The van der Waals surface area contributed by atoms with Gasteiger partial charge in [0.15, 0.2) is 0 Å². The van der Waals surface area contributed by atoms with Crippen LogP contribution >= 0.6 is 23.2 Å². The second-order valence-corrected chi connectivity index (χ2v) is 13.2. The summed E-state index contributed by atoms with van der Waals surface area (Å²) in [6.45, 7) is -0.763. The Balaban J connectivity index is 1.75. The van der Waals surface area contributed by atoms with Gasteiger partial charge in [0.2, 0.25) is 21.8 Å². The van der Waals surface area contributed by atoms with Crippen molar-refractivity contribution in [3.63, 3.8) is 0 Å². The summed E-state index contributed by atoms with van der Waals surface area (Å²) >= 11 is 12.4. The first-order valence-corrected chi connectivity index (χ1v) is 16.3. The maximum Gasteiger partial charge on any atom is 0.271 e. The third-order valence-electron chi connectivity index (χ3n) is 7.32. The van der Waals surface area contributed by atoms with Crippen LogP contribution in [0.15, 0.2) is 72.8 Å². The van der Waals surface area contributed by atoms with Crippen LogP contribution in [0, 0.1) is 10.1 Å². The van der Waals surface area contributed by atoms with E-state index in [-0.39, 0.29) is 41.3 Å². The van der Waals surface area contributed by atoms with Gasteiger partial charge >= 0.3 is 0 Å². The zero-order valence-electron chi connectivity index (χ0n) is 23.5. The van der Waals surface area contributed by atoms with E-state index in [0.29, 0.717) is 10.6 Å². The smallest absolute Gasteiger partial charge is 0.271 e. The highest BCUT2D eigenvalue weighted by molar-refractivity contribution is 7.92. The second kappa shape index (κ2) is 14.2. The van der Waals surface area contributed by atoms with Crippen LogP contribution in [0.25, 0.3) is 0 Å². The van der Waals surface area contributed by atoms with Crippen molar-refractivity contribution in [3.8, 4) is 0 Å². The standard InChI is InChI=1S/C30H32Cl2N4O6S/c1-43(41,42)35(24-12-7-13-25(18-24)36(39)40)20-29(37)34(19-22-14-15-26(31)27(32)16-22)28(17-21-8-3-2-4-9-21)30(38)33-23-10-5-6-11-23/h2-4,7-9,12-16,18,23,28H,5-6,10-11,17,19-20H2,1H3,(H,33,38). The van der Waals surface area contributed by atoms with E-state index in [1.165, 1.54) is 23.1 Å². The quantitative estimate of drug-likeness (QED) is 0.208. The molecule has 1 aliphatic rings. The number of hydrogen-bond acceptors (Lipinski definition) is 6. The lowest BCUT2D eigenvalue weighted by molar-refractivity contribution is -0.384. The summed E-state index contributed by atoms with van der Waals surface area (Å²) in [6.07, 6.45) is 4.73. The number of rotatable bonds is 12. The van der Waals surface area contributed by atoms with Crippen LogP contribution in [0.1, 0.15) is 36.8 Å². The molecule has 0 saturated heterocycles. The summed E-state index contributed by atoms with van der Waals surface area (Å²) in [5, 5.41) is 15.1. The van der Waals surface area contributed by atoms with E-state index in [1.54, 1.807) is 18.2 Å². The van der Waals surface area contributed by atoms with Crippen LogP contribution in [0.2, 0.25) is 10.0 Å². The Morgan fingerprint density at radius 2 is 1.67 bits per heavy atom. The zero-order valence-corrected chi connectivity index (χ0v) is 25.8. The van der Waals surface area contributed by atoms with E-state index in [9.17, 15) is 28.1 Å². The van der Waals surface area contributed by atoms with Gasteiger partial charge in [-0.15, -0.1) is 0 Å². The highest BCUT2D eigenvalue weighted by Gasteiger charge is 2.34. The molecule has 4 rings (SSSR count). The third-order valence-corrected chi connectivity index (χ3v) is 9.20. The van der Waals surface area contributed by atoms with Crippen molar-refractivity contribution in [1.82, 2.24) is 10.2 Å². The van der Waals surface area contributed by atoms with Gasteiger partial charge in [-0.1, -0.05) is 78.5 Å². The zero-order chi connectivity index (χ0) is 31.1. The number of nitrogens with one attached hydrogen (secondary N) is 1. The van der Waals surface area contributed by atoms with Crippen LogP contribution in [-0.2, 0) is 32.6 Å². The van der Waals surface area contributed by atoms with E-state index >= 15 is 0 Å². The summed E-state index contributed by atoms with van der Waals surface area (Å²) in [6, 6.07) is 18.1. The molecule has 1 fully saturated rings. The van der Waals surface area contributed by atoms with Crippen LogP contribution in [0.5, 0.6) is 0 Å². The minimum Gasteiger partial charge on any atom is -0.352 e. The first-order chi connectivity index (χ1) is 20.4. The van der Waals surface area contributed by atoms with Crippen molar-refractivity contribution in [2.75, 3.05) is 17.1 Å². The summed E-state index contributed by atoms with van der Waals surface area (Å²) in [4.78, 5) is 40.1. The van der Waals surface area contributed by atoms with Crippen molar-refractivity contribution >= 4 is 56.4 Å². The number of nitrogens with zero attached hydrogens (tertiary/aromatic N) is 3. The van der Waals surface area contributed by atoms with Gasteiger partial charge in [-0.3, -0.25) is 24.0 Å². The normalized spacial score (nSPS) is 14.2. The Labute approximate surface area is 260 Å². The van der Waals surface area contributed by atoms with Gasteiger partial charge in [-0.25, -0.2) is 8.42 Å². The molecule has 0 aromatic heterocycles. The van der Waals surface area contributed by atoms with Gasteiger partial charge in [0.25, 0.3) is 5.69 Å². The molecule has 1 aliphatic carbocycles. The van der Waals surface area contributed by atoms with Crippen molar-refractivity contribution < 1.29 is 22.9 Å². The monoisotopic (exact) mass is 646 g/mol. The summed E-state index contributed by atoms with van der Waals surface area (Å²) < 4.78 is 26.6. The minimum atomic E-state index is -4.07. The number of nitro groups is 1. The Morgan fingerprint density at radius 1 is 0.977 bits per heavy atom. The molecule has 2 amide bonds. The lowest BCUT2D eigenvalue weighted by Gasteiger charge is -2.34. The lowest BCUT2D eigenvalue weighted by atomic mass is 10.0. The number of nitro benzene ring substituents is 1. The molecule has 1 atom stereocenters. The molecule has 10 nitrogen and oxygen atoms in total. The third kappa shape index (κ3) is 8.68. The van der Waals surface area contributed by atoms with E-state index in [4.69, 9.17) is 23.2 Å². The van der Waals surface area contributed by atoms with Crippen molar-refractivity contribution in [3.05, 3.63) is 104 Å². The van der Waals surface area contributed by atoms with Crippen LogP contribution < -0.4 is 9.62 Å². The molecule has 0 bridgehead atoms. The van der Waals surface area contributed by atoms with Gasteiger partial charge in [0.1, 0.15) is 12.6 Å². The number of benzene rings is 3. The maximum atomic E-state index is 14.2. The van der Waals surface area contributed by atoms with E-state index in [1.807, 2.05) is 30.3 Å². The average molecular weight is 648 g/mol.